The number of anilines is 1. The van der Waals surface area contributed by atoms with E-state index in [1.165, 1.54) is 16.8 Å². The van der Waals surface area contributed by atoms with Crippen LogP contribution in [0, 0.1) is 5.51 Å². The third-order valence-corrected chi connectivity index (χ3v) is 4.62. The van der Waals surface area contributed by atoms with Gasteiger partial charge in [-0.3, -0.25) is 0 Å². The lowest BCUT2D eigenvalue weighted by Gasteiger charge is -2.21. The second kappa shape index (κ2) is 4.87. The quantitative estimate of drug-likeness (QED) is 0.849. The second-order valence-electron chi connectivity index (χ2n) is 5.12. The highest BCUT2D eigenvalue weighted by Crippen LogP contribution is 2.34. The van der Waals surface area contributed by atoms with Crippen LogP contribution < -0.4 is 14.6 Å². The summed E-state index contributed by atoms with van der Waals surface area (Å²) in [7, 11) is 5.99. The predicted octanol–water partition coefficient (Wildman–Crippen LogP) is 1.45. The molecule has 1 aromatic carbocycles. The van der Waals surface area contributed by atoms with Gasteiger partial charge in [-0.2, -0.15) is 0 Å². The van der Waals surface area contributed by atoms with E-state index in [-0.39, 0.29) is 0 Å². The molecule has 5 heteroatoms. The first-order chi connectivity index (χ1) is 9.20. The van der Waals surface area contributed by atoms with Crippen LogP contribution in [0.5, 0.6) is 5.75 Å². The standard InChI is InChI=1S/C14H18N3OS/c1-16(2)10-6-7-17(8-10)11-4-5-12(18-3)13-14(11)19-9-15-13/h4-5,10H,6-8H2,1-3H3/q+1. The van der Waals surface area contributed by atoms with E-state index in [9.17, 15) is 0 Å². The van der Waals surface area contributed by atoms with E-state index in [0.29, 0.717) is 6.04 Å². The Bertz CT molecular complexity index is 581. The maximum absolute atomic E-state index is 5.36. The van der Waals surface area contributed by atoms with Gasteiger partial charge in [0.2, 0.25) is 5.75 Å². The van der Waals surface area contributed by atoms with Crippen molar-refractivity contribution >= 4 is 27.2 Å². The molecule has 0 bridgehead atoms. The van der Waals surface area contributed by atoms with E-state index in [1.807, 2.05) is 6.07 Å². The van der Waals surface area contributed by atoms with Gasteiger partial charge in [-0.05, 0) is 37.6 Å². The highest BCUT2D eigenvalue weighted by atomic mass is 32.1. The number of aromatic nitrogens is 1. The molecule has 19 heavy (non-hydrogen) atoms. The number of hydrogen-bond donors (Lipinski definition) is 0. The molecule has 0 radical (unpaired) electrons. The lowest BCUT2D eigenvalue weighted by Crippen LogP contribution is -2.31. The summed E-state index contributed by atoms with van der Waals surface area (Å²) in [6.07, 6.45) is 1.21. The van der Waals surface area contributed by atoms with Crippen molar-refractivity contribution in [1.29, 1.82) is 0 Å². The molecule has 0 saturated carbocycles. The number of nitrogens with zero attached hydrogens (tertiary/aromatic N) is 3. The molecule has 1 saturated heterocycles. The number of methoxy groups -OCH3 is 1. The highest BCUT2D eigenvalue weighted by Gasteiger charge is 2.28. The number of fused-ring (bicyclic) bond motifs is 1. The Morgan fingerprint density at radius 2 is 2.32 bits per heavy atom. The third-order valence-electron chi connectivity index (χ3n) is 3.83. The van der Waals surface area contributed by atoms with Crippen LogP contribution in [-0.4, -0.2) is 45.2 Å². The molecule has 1 atom stereocenters. The van der Waals surface area contributed by atoms with E-state index in [0.717, 1.165) is 24.4 Å². The molecule has 1 aliphatic rings. The average Bonchev–Trinajstić information content (AvgIpc) is 3.06. The summed E-state index contributed by atoms with van der Waals surface area (Å²) in [6, 6.07) is 4.79. The minimum atomic E-state index is 0.633. The summed E-state index contributed by atoms with van der Waals surface area (Å²) < 4.78 is 6.54. The van der Waals surface area contributed by atoms with Crippen LogP contribution in [0.4, 0.5) is 5.69 Å². The minimum absolute atomic E-state index is 0.633. The Hall–Kier alpha value is -1.51. The second-order valence-corrected chi connectivity index (χ2v) is 5.92. The molecule has 0 amide bonds. The fraction of sp³-hybridized carbons (Fsp3) is 0.500. The Balaban J connectivity index is 1.96. The summed E-state index contributed by atoms with van der Waals surface area (Å²) in [5, 5.41) is 0. The van der Waals surface area contributed by atoms with Crippen molar-refractivity contribution in [3.63, 3.8) is 0 Å². The first-order valence-corrected chi connectivity index (χ1v) is 7.27. The fourth-order valence-corrected chi connectivity index (χ4v) is 3.43. The summed E-state index contributed by atoms with van der Waals surface area (Å²) >= 11 is 1.57. The SMILES string of the molecule is COc1ccc(N2CCC(N(C)C)C2)c2sc#[n+]c12. The monoisotopic (exact) mass is 276 g/mol. The molecule has 3 rings (SSSR count). The van der Waals surface area contributed by atoms with Gasteiger partial charge < -0.3 is 14.5 Å². The Kier molecular flexibility index (Phi) is 3.21. The van der Waals surface area contributed by atoms with Gasteiger partial charge in [0.05, 0.1) is 12.8 Å². The van der Waals surface area contributed by atoms with Gasteiger partial charge in [0.25, 0.3) is 0 Å². The van der Waals surface area contributed by atoms with E-state index in [2.05, 4.69) is 40.5 Å². The van der Waals surface area contributed by atoms with Crippen LogP contribution in [0.15, 0.2) is 12.1 Å². The maximum Gasteiger partial charge on any atom is 0.403 e. The number of likely N-dealkylation sites (N-methyl/N-ethyl adjacent to an activating group) is 1. The molecule has 1 fully saturated rings. The van der Waals surface area contributed by atoms with Crippen molar-refractivity contribution < 1.29 is 9.72 Å². The van der Waals surface area contributed by atoms with Crippen molar-refractivity contribution in [1.82, 2.24) is 4.90 Å². The summed E-state index contributed by atoms with van der Waals surface area (Å²) in [5.41, 5.74) is 5.18. The van der Waals surface area contributed by atoms with E-state index >= 15 is 0 Å². The molecule has 2 heterocycles. The average molecular weight is 276 g/mol. The lowest BCUT2D eigenvalue weighted by atomic mass is 10.2. The molecule has 4 nitrogen and oxygen atoms in total. The Morgan fingerprint density at radius 1 is 1.47 bits per heavy atom. The van der Waals surface area contributed by atoms with Crippen molar-refractivity contribution in [2.45, 2.75) is 12.5 Å². The lowest BCUT2D eigenvalue weighted by molar-refractivity contribution is -0.255. The predicted molar refractivity (Wildman–Crippen MR) is 77.1 cm³/mol. The van der Waals surface area contributed by atoms with E-state index in [1.54, 1.807) is 18.4 Å². The molecule has 1 aromatic heterocycles. The Morgan fingerprint density at radius 3 is 3.00 bits per heavy atom. The molecule has 0 N–H and O–H groups in total. The van der Waals surface area contributed by atoms with Gasteiger partial charge in [-0.15, -0.1) is 0 Å². The molecule has 2 aromatic rings. The van der Waals surface area contributed by atoms with Gasteiger partial charge in [0, 0.05) is 30.5 Å². The number of hydrogen-bond acceptors (Lipinski definition) is 4. The van der Waals surface area contributed by atoms with Crippen molar-refractivity contribution in [3.8, 4) is 5.75 Å². The van der Waals surface area contributed by atoms with Gasteiger partial charge in [-0.25, -0.2) is 0 Å². The van der Waals surface area contributed by atoms with Gasteiger partial charge >= 0.3 is 11.0 Å². The summed E-state index contributed by atoms with van der Waals surface area (Å²) in [4.78, 5) is 9.06. The first kappa shape index (κ1) is 12.5. The summed E-state index contributed by atoms with van der Waals surface area (Å²) in [6.45, 7) is 2.18. The molecule has 1 aliphatic heterocycles. The molecular weight excluding hydrogens is 258 g/mol. The highest BCUT2D eigenvalue weighted by molar-refractivity contribution is 7.16. The van der Waals surface area contributed by atoms with Crippen molar-refractivity contribution in [2.75, 3.05) is 39.2 Å². The molecule has 100 valence electrons. The largest absolute Gasteiger partial charge is 0.489 e. The number of rotatable bonds is 3. The van der Waals surface area contributed by atoms with Crippen LogP contribution >= 0.6 is 11.3 Å². The van der Waals surface area contributed by atoms with Gasteiger partial charge in [-0.1, -0.05) is 0 Å². The molecular formula is C14H18N3OS+. The Labute approximate surface area is 117 Å². The zero-order chi connectivity index (χ0) is 13.4. The van der Waals surface area contributed by atoms with Crippen LogP contribution in [0.25, 0.3) is 10.2 Å². The number of benzene rings is 1. The van der Waals surface area contributed by atoms with Gasteiger partial charge in [0.15, 0.2) is 4.70 Å². The van der Waals surface area contributed by atoms with Crippen molar-refractivity contribution in [3.05, 3.63) is 17.6 Å². The molecule has 1 unspecified atom stereocenters. The van der Waals surface area contributed by atoms with Gasteiger partial charge in [0.1, 0.15) is 0 Å². The normalized spacial score (nSPS) is 19.2. The van der Waals surface area contributed by atoms with Crippen LogP contribution in [-0.2, 0) is 0 Å². The zero-order valence-corrected chi connectivity index (χ0v) is 12.3. The molecule has 0 spiro atoms. The third kappa shape index (κ3) is 2.11. The number of ether oxygens (including phenoxy) is 1. The zero-order valence-electron chi connectivity index (χ0n) is 11.5. The van der Waals surface area contributed by atoms with Crippen molar-refractivity contribution in [2.24, 2.45) is 0 Å². The topological polar surface area (TPSA) is 29.8 Å². The first-order valence-electron chi connectivity index (χ1n) is 6.45. The summed E-state index contributed by atoms with van der Waals surface area (Å²) in [5.74, 6) is 0.833. The van der Waals surface area contributed by atoms with E-state index < -0.39 is 0 Å². The van der Waals surface area contributed by atoms with Crippen LogP contribution in [0.1, 0.15) is 6.42 Å². The van der Waals surface area contributed by atoms with Crippen LogP contribution in [0.3, 0.4) is 0 Å². The van der Waals surface area contributed by atoms with E-state index in [4.69, 9.17) is 4.74 Å². The van der Waals surface area contributed by atoms with Crippen LogP contribution in [0.2, 0.25) is 0 Å². The minimum Gasteiger partial charge on any atom is -0.489 e. The fourth-order valence-electron chi connectivity index (χ4n) is 2.66. The smallest absolute Gasteiger partial charge is 0.403 e. The maximum atomic E-state index is 5.36. The molecule has 0 aliphatic carbocycles.